The molecule has 0 atom stereocenters. The number of hydrogen-bond acceptors (Lipinski definition) is 3. The number of nitrogens with one attached hydrogen (secondary N) is 1. The summed E-state index contributed by atoms with van der Waals surface area (Å²) >= 11 is 6.33. The summed E-state index contributed by atoms with van der Waals surface area (Å²) in [6.45, 7) is 2.16. The standard InChI is InChI=1S/C17H18ClNO2/c1-19-11-14-4-3-12(9-15(14)18)13-5-6-16-17(10-13)21-8-2-7-20-16/h3-6,9-10,19H,2,7-8,11H2,1H3. The molecular weight excluding hydrogens is 286 g/mol. The Kier molecular flexibility index (Phi) is 4.32. The zero-order valence-corrected chi connectivity index (χ0v) is 12.7. The highest BCUT2D eigenvalue weighted by molar-refractivity contribution is 6.31. The topological polar surface area (TPSA) is 30.5 Å². The van der Waals surface area contributed by atoms with Crippen molar-refractivity contribution in [1.29, 1.82) is 0 Å². The Balaban J connectivity index is 1.93. The van der Waals surface area contributed by atoms with Crippen LogP contribution in [0.25, 0.3) is 11.1 Å². The first kappa shape index (κ1) is 14.2. The molecule has 3 nitrogen and oxygen atoms in total. The van der Waals surface area contributed by atoms with E-state index >= 15 is 0 Å². The summed E-state index contributed by atoms with van der Waals surface area (Å²) in [5.41, 5.74) is 3.25. The molecular formula is C17H18ClNO2. The number of fused-ring (bicyclic) bond motifs is 1. The third-order valence-corrected chi connectivity index (χ3v) is 3.85. The van der Waals surface area contributed by atoms with Crippen LogP contribution in [0, 0.1) is 0 Å². The summed E-state index contributed by atoms with van der Waals surface area (Å²) < 4.78 is 11.4. The van der Waals surface area contributed by atoms with Crippen LogP contribution in [0.5, 0.6) is 11.5 Å². The summed E-state index contributed by atoms with van der Waals surface area (Å²) in [7, 11) is 1.91. The largest absolute Gasteiger partial charge is 0.490 e. The van der Waals surface area contributed by atoms with Crippen LogP contribution in [0.15, 0.2) is 36.4 Å². The van der Waals surface area contributed by atoms with Crippen molar-refractivity contribution in [2.75, 3.05) is 20.3 Å². The number of ether oxygens (including phenoxy) is 2. The fourth-order valence-corrected chi connectivity index (χ4v) is 2.65. The first-order chi connectivity index (χ1) is 10.3. The Morgan fingerprint density at radius 2 is 1.71 bits per heavy atom. The molecule has 0 saturated carbocycles. The van der Waals surface area contributed by atoms with Crippen LogP contribution in [0.4, 0.5) is 0 Å². The van der Waals surface area contributed by atoms with Gasteiger partial charge < -0.3 is 14.8 Å². The molecule has 1 N–H and O–H groups in total. The second-order valence-corrected chi connectivity index (χ2v) is 5.46. The van der Waals surface area contributed by atoms with E-state index < -0.39 is 0 Å². The minimum absolute atomic E-state index is 0.693. The molecule has 3 rings (SSSR count). The van der Waals surface area contributed by atoms with Gasteiger partial charge in [-0.15, -0.1) is 0 Å². The predicted molar refractivity (Wildman–Crippen MR) is 85.3 cm³/mol. The molecule has 1 heterocycles. The van der Waals surface area contributed by atoms with Crippen LogP contribution in [0.3, 0.4) is 0 Å². The highest BCUT2D eigenvalue weighted by Crippen LogP contribution is 2.35. The maximum Gasteiger partial charge on any atom is 0.161 e. The van der Waals surface area contributed by atoms with Crippen molar-refractivity contribution >= 4 is 11.6 Å². The quantitative estimate of drug-likeness (QED) is 0.933. The van der Waals surface area contributed by atoms with E-state index in [0.29, 0.717) is 13.2 Å². The average molecular weight is 304 g/mol. The average Bonchev–Trinajstić information content (AvgIpc) is 2.74. The Bertz CT molecular complexity index is 643. The maximum atomic E-state index is 6.33. The van der Waals surface area contributed by atoms with Crippen molar-refractivity contribution in [3.05, 3.63) is 47.0 Å². The molecule has 0 unspecified atom stereocenters. The fourth-order valence-electron chi connectivity index (χ4n) is 2.40. The van der Waals surface area contributed by atoms with E-state index in [2.05, 4.69) is 17.4 Å². The third-order valence-electron chi connectivity index (χ3n) is 3.50. The highest BCUT2D eigenvalue weighted by atomic mass is 35.5. The zero-order valence-electron chi connectivity index (χ0n) is 12.0. The smallest absolute Gasteiger partial charge is 0.161 e. The van der Waals surface area contributed by atoms with Gasteiger partial charge in [-0.05, 0) is 41.9 Å². The molecule has 2 aromatic carbocycles. The molecule has 4 heteroatoms. The lowest BCUT2D eigenvalue weighted by Gasteiger charge is -2.11. The molecule has 0 spiro atoms. The summed E-state index contributed by atoms with van der Waals surface area (Å²) in [6, 6.07) is 12.1. The molecule has 0 bridgehead atoms. The highest BCUT2D eigenvalue weighted by Gasteiger charge is 2.12. The van der Waals surface area contributed by atoms with Crippen molar-refractivity contribution in [2.24, 2.45) is 0 Å². The van der Waals surface area contributed by atoms with Gasteiger partial charge in [-0.3, -0.25) is 0 Å². The van der Waals surface area contributed by atoms with Crippen molar-refractivity contribution in [3.63, 3.8) is 0 Å². The number of rotatable bonds is 3. The van der Waals surface area contributed by atoms with Gasteiger partial charge in [0.1, 0.15) is 0 Å². The minimum Gasteiger partial charge on any atom is -0.490 e. The molecule has 110 valence electrons. The number of hydrogen-bond donors (Lipinski definition) is 1. The summed E-state index contributed by atoms with van der Waals surface area (Å²) in [4.78, 5) is 0. The van der Waals surface area contributed by atoms with Gasteiger partial charge in [0.25, 0.3) is 0 Å². The van der Waals surface area contributed by atoms with Crippen LogP contribution in [-0.4, -0.2) is 20.3 Å². The minimum atomic E-state index is 0.693. The van der Waals surface area contributed by atoms with Crippen molar-refractivity contribution in [1.82, 2.24) is 5.32 Å². The molecule has 0 aliphatic carbocycles. The lowest BCUT2D eigenvalue weighted by Crippen LogP contribution is -2.05. The normalized spacial score (nSPS) is 13.8. The Morgan fingerprint density at radius 1 is 1.00 bits per heavy atom. The van der Waals surface area contributed by atoms with E-state index in [0.717, 1.165) is 46.2 Å². The van der Waals surface area contributed by atoms with Gasteiger partial charge >= 0.3 is 0 Å². The van der Waals surface area contributed by atoms with E-state index in [4.69, 9.17) is 21.1 Å². The first-order valence-corrected chi connectivity index (χ1v) is 7.49. The second kappa shape index (κ2) is 6.37. The van der Waals surface area contributed by atoms with Gasteiger partial charge in [0, 0.05) is 18.0 Å². The van der Waals surface area contributed by atoms with E-state index in [-0.39, 0.29) is 0 Å². The molecule has 0 radical (unpaired) electrons. The van der Waals surface area contributed by atoms with E-state index in [1.165, 1.54) is 0 Å². The maximum absolute atomic E-state index is 6.33. The van der Waals surface area contributed by atoms with E-state index in [1.807, 2.05) is 31.3 Å². The van der Waals surface area contributed by atoms with Crippen LogP contribution in [-0.2, 0) is 6.54 Å². The number of halogens is 1. The van der Waals surface area contributed by atoms with Crippen molar-refractivity contribution in [3.8, 4) is 22.6 Å². The fraction of sp³-hybridized carbons (Fsp3) is 0.294. The van der Waals surface area contributed by atoms with Gasteiger partial charge in [0.15, 0.2) is 11.5 Å². The first-order valence-electron chi connectivity index (χ1n) is 7.11. The van der Waals surface area contributed by atoms with Crippen LogP contribution in [0.1, 0.15) is 12.0 Å². The van der Waals surface area contributed by atoms with Crippen LogP contribution >= 0.6 is 11.6 Å². The molecule has 2 aromatic rings. The van der Waals surface area contributed by atoms with Gasteiger partial charge in [0.05, 0.1) is 13.2 Å². The molecule has 0 amide bonds. The third kappa shape index (κ3) is 3.14. The molecule has 0 fully saturated rings. The van der Waals surface area contributed by atoms with Crippen molar-refractivity contribution in [2.45, 2.75) is 13.0 Å². The Morgan fingerprint density at radius 3 is 2.48 bits per heavy atom. The van der Waals surface area contributed by atoms with E-state index in [1.54, 1.807) is 0 Å². The second-order valence-electron chi connectivity index (χ2n) is 5.05. The van der Waals surface area contributed by atoms with Crippen molar-refractivity contribution < 1.29 is 9.47 Å². The number of benzene rings is 2. The molecule has 0 saturated heterocycles. The monoisotopic (exact) mass is 303 g/mol. The molecule has 21 heavy (non-hydrogen) atoms. The summed E-state index contributed by atoms with van der Waals surface area (Å²) in [5, 5.41) is 3.88. The van der Waals surface area contributed by atoms with Gasteiger partial charge in [-0.2, -0.15) is 0 Å². The lowest BCUT2D eigenvalue weighted by atomic mass is 10.0. The van der Waals surface area contributed by atoms with E-state index in [9.17, 15) is 0 Å². The SMILES string of the molecule is CNCc1ccc(-c2ccc3c(c2)OCCCO3)cc1Cl. The molecule has 1 aliphatic rings. The molecule has 1 aliphatic heterocycles. The Hall–Kier alpha value is -1.71. The lowest BCUT2D eigenvalue weighted by molar-refractivity contribution is 0.297. The van der Waals surface area contributed by atoms with Crippen LogP contribution in [0.2, 0.25) is 5.02 Å². The van der Waals surface area contributed by atoms with Gasteiger partial charge in [-0.25, -0.2) is 0 Å². The predicted octanol–water partition coefficient (Wildman–Crippen LogP) is 3.89. The Labute approximate surface area is 129 Å². The zero-order chi connectivity index (χ0) is 14.7. The summed E-state index contributed by atoms with van der Waals surface area (Å²) in [5.74, 6) is 1.62. The summed E-state index contributed by atoms with van der Waals surface area (Å²) in [6.07, 6.45) is 0.911. The molecule has 0 aromatic heterocycles. The van der Waals surface area contributed by atoms with Gasteiger partial charge in [0.2, 0.25) is 0 Å². The van der Waals surface area contributed by atoms with Crippen LogP contribution < -0.4 is 14.8 Å². The van der Waals surface area contributed by atoms with Gasteiger partial charge in [-0.1, -0.05) is 29.8 Å².